The molecule has 0 saturated heterocycles. The zero-order valence-electron chi connectivity index (χ0n) is 10.1. The minimum atomic E-state index is -0.344. The van der Waals surface area contributed by atoms with Crippen molar-refractivity contribution in [3.8, 4) is 0 Å². The van der Waals surface area contributed by atoms with Gasteiger partial charge in [-0.25, -0.2) is 4.39 Å². The molecule has 18 heavy (non-hydrogen) atoms. The molecule has 1 aromatic carbocycles. The van der Waals surface area contributed by atoms with Gasteiger partial charge in [0.2, 0.25) is 5.91 Å². The number of amides is 1. The quantitative estimate of drug-likeness (QED) is 0.870. The van der Waals surface area contributed by atoms with Crippen LogP contribution in [0.5, 0.6) is 0 Å². The smallest absolute Gasteiger partial charge is 0.227 e. The van der Waals surface area contributed by atoms with Crippen LogP contribution in [0.3, 0.4) is 0 Å². The van der Waals surface area contributed by atoms with Crippen molar-refractivity contribution in [3.63, 3.8) is 0 Å². The van der Waals surface area contributed by atoms with Gasteiger partial charge >= 0.3 is 0 Å². The zero-order chi connectivity index (χ0) is 12.3. The number of nitrogens with one attached hydrogen (secondary N) is 1. The van der Waals surface area contributed by atoms with Crippen LogP contribution in [0.1, 0.15) is 25.7 Å². The first-order valence-electron chi connectivity index (χ1n) is 5.97. The standard InChI is InChI=1S/C13H17FN2O.ClH/c14-10-4-2-6-12(8-10)16-13(17)9-3-1-5-11(15)7-9;/h2,4,6,8-9,11H,1,3,5,7,15H2,(H,16,17);1H. The molecule has 100 valence electrons. The number of hydrogen-bond acceptors (Lipinski definition) is 2. The molecule has 0 aliphatic heterocycles. The first kappa shape index (κ1) is 14.9. The molecule has 0 heterocycles. The van der Waals surface area contributed by atoms with Crippen molar-refractivity contribution in [3.05, 3.63) is 30.1 Å². The van der Waals surface area contributed by atoms with Gasteiger partial charge < -0.3 is 11.1 Å². The fraction of sp³-hybridized carbons (Fsp3) is 0.462. The van der Waals surface area contributed by atoms with Crippen molar-refractivity contribution in [2.24, 2.45) is 11.7 Å². The summed E-state index contributed by atoms with van der Waals surface area (Å²) in [5.41, 5.74) is 6.35. The molecule has 1 aromatic rings. The highest BCUT2D eigenvalue weighted by molar-refractivity contribution is 5.92. The average molecular weight is 273 g/mol. The molecule has 0 bridgehead atoms. The van der Waals surface area contributed by atoms with Crippen molar-refractivity contribution in [1.29, 1.82) is 0 Å². The highest BCUT2D eigenvalue weighted by Gasteiger charge is 2.25. The van der Waals surface area contributed by atoms with Crippen molar-refractivity contribution in [2.75, 3.05) is 5.32 Å². The summed E-state index contributed by atoms with van der Waals surface area (Å²) in [4.78, 5) is 11.9. The van der Waals surface area contributed by atoms with Crippen molar-refractivity contribution in [2.45, 2.75) is 31.7 Å². The first-order valence-corrected chi connectivity index (χ1v) is 5.97. The molecule has 1 aliphatic carbocycles. The Kier molecular flexibility index (Phi) is 5.56. The van der Waals surface area contributed by atoms with Crippen molar-refractivity contribution in [1.82, 2.24) is 0 Å². The van der Waals surface area contributed by atoms with E-state index < -0.39 is 0 Å². The first-order chi connectivity index (χ1) is 8.15. The number of benzene rings is 1. The summed E-state index contributed by atoms with van der Waals surface area (Å²) in [7, 11) is 0. The van der Waals surface area contributed by atoms with E-state index in [1.165, 1.54) is 12.1 Å². The van der Waals surface area contributed by atoms with Crippen LogP contribution in [0.15, 0.2) is 24.3 Å². The lowest BCUT2D eigenvalue weighted by atomic mass is 9.85. The fourth-order valence-electron chi connectivity index (χ4n) is 2.28. The number of anilines is 1. The van der Waals surface area contributed by atoms with Gasteiger partial charge in [-0.15, -0.1) is 12.4 Å². The number of hydrogen-bond donors (Lipinski definition) is 2. The summed E-state index contributed by atoms with van der Waals surface area (Å²) >= 11 is 0. The Morgan fingerprint density at radius 1 is 1.39 bits per heavy atom. The highest BCUT2D eigenvalue weighted by Crippen LogP contribution is 2.24. The SMILES string of the molecule is Cl.NC1CCCC(C(=O)Nc2cccc(F)c2)C1. The van der Waals surface area contributed by atoms with Crippen LogP contribution < -0.4 is 11.1 Å². The predicted octanol–water partition coefficient (Wildman–Crippen LogP) is 2.70. The third-order valence-corrected chi connectivity index (χ3v) is 3.18. The van der Waals surface area contributed by atoms with E-state index in [0.29, 0.717) is 5.69 Å². The molecule has 3 N–H and O–H groups in total. The number of nitrogens with two attached hydrogens (primary N) is 1. The van der Waals surface area contributed by atoms with E-state index in [2.05, 4.69) is 5.32 Å². The third kappa shape index (κ3) is 3.96. The Bertz CT molecular complexity index is 414. The lowest BCUT2D eigenvalue weighted by molar-refractivity contribution is -0.120. The van der Waals surface area contributed by atoms with E-state index >= 15 is 0 Å². The Balaban J connectivity index is 0.00000162. The maximum Gasteiger partial charge on any atom is 0.227 e. The molecular weight excluding hydrogens is 255 g/mol. The maximum atomic E-state index is 13.0. The number of carbonyl (C=O) groups excluding carboxylic acids is 1. The molecule has 1 aliphatic rings. The molecule has 2 rings (SSSR count). The van der Waals surface area contributed by atoms with E-state index in [9.17, 15) is 9.18 Å². The molecule has 1 saturated carbocycles. The Morgan fingerprint density at radius 2 is 2.17 bits per heavy atom. The molecule has 0 spiro atoms. The van der Waals surface area contributed by atoms with Crippen LogP contribution in [0.4, 0.5) is 10.1 Å². The van der Waals surface area contributed by atoms with Gasteiger partial charge in [0.15, 0.2) is 0 Å². The minimum absolute atomic E-state index is 0. The van der Waals surface area contributed by atoms with Crippen LogP contribution in [0.2, 0.25) is 0 Å². The summed E-state index contributed by atoms with van der Waals surface area (Å²) in [5.74, 6) is -0.434. The van der Waals surface area contributed by atoms with Gasteiger partial charge in [-0.2, -0.15) is 0 Å². The topological polar surface area (TPSA) is 55.1 Å². The fourth-order valence-corrected chi connectivity index (χ4v) is 2.28. The van der Waals surface area contributed by atoms with Crippen LogP contribution in [-0.4, -0.2) is 11.9 Å². The number of rotatable bonds is 2. The largest absolute Gasteiger partial charge is 0.328 e. The lowest BCUT2D eigenvalue weighted by Gasteiger charge is -2.25. The van der Waals surface area contributed by atoms with Gasteiger partial charge in [0.25, 0.3) is 0 Å². The molecule has 5 heteroatoms. The lowest BCUT2D eigenvalue weighted by Crippen LogP contribution is -2.34. The van der Waals surface area contributed by atoms with Gasteiger partial charge in [-0.1, -0.05) is 12.5 Å². The highest BCUT2D eigenvalue weighted by atomic mass is 35.5. The normalized spacial score (nSPS) is 23.0. The van der Waals surface area contributed by atoms with Gasteiger partial charge in [0.05, 0.1) is 0 Å². The molecule has 2 atom stereocenters. The van der Waals surface area contributed by atoms with E-state index in [0.717, 1.165) is 25.7 Å². The summed E-state index contributed by atoms with van der Waals surface area (Å²) < 4.78 is 13.0. The van der Waals surface area contributed by atoms with Crippen LogP contribution in [0.25, 0.3) is 0 Å². The van der Waals surface area contributed by atoms with E-state index in [1.54, 1.807) is 12.1 Å². The Hall–Kier alpha value is -1.13. The van der Waals surface area contributed by atoms with Crippen LogP contribution >= 0.6 is 12.4 Å². The summed E-state index contributed by atoms with van der Waals surface area (Å²) in [6.07, 6.45) is 3.57. The Morgan fingerprint density at radius 3 is 2.83 bits per heavy atom. The van der Waals surface area contributed by atoms with Gasteiger partial charge in [0, 0.05) is 17.6 Å². The molecule has 3 nitrogen and oxygen atoms in total. The molecule has 1 amide bonds. The monoisotopic (exact) mass is 272 g/mol. The molecule has 2 unspecified atom stereocenters. The second-order valence-electron chi connectivity index (χ2n) is 4.62. The predicted molar refractivity (Wildman–Crippen MR) is 72.2 cm³/mol. The summed E-state index contributed by atoms with van der Waals surface area (Å²) in [5, 5.41) is 2.74. The molecule has 1 fully saturated rings. The molecule has 0 radical (unpaired) electrons. The second-order valence-corrected chi connectivity index (χ2v) is 4.62. The molecular formula is C13H18ClFN2O. The van der Waals surface area contributed by atoms with Crippen molar-refractivity contribution >= 4 is 24.0 Å². The van der Waals surface area contributed by atoms with E-state index in [1.807, 2.05) is 0 Å². The van der Waals surface area contributed by atoms with Gasteiger partial charge in [-0.3, -0.25) is 4.79 Å². The Labute approximate surface area is 112 Å². The number of halogens is 2. The van der Waals surface area contributed by atoms with Gasteiger partial charge in [0.1, 0.15) is 5.82 Å². The number of carbonyl (C=O) groups is 1. The van der Waals surface area contributed by atoms with Gasteiger partial charge in [-0.05, 0) is 37.5 Å². The molecule has 0 aromatic heterocycles. The van der Waals surface area contributed by atoms with E-state index in [-0.39, 0.29) is 36.1 Å². The average Bonchev–Trinajstić information content (AvgIpc) is 2.29. The van der Waals surface area contributed by atoms with Crippen LogP contribution in [0, 0.1) is 11.7 Å². The van der Waals surface area contributed by atoms with Crippen molar-refractivity contribution < 1.29 is 9.18 Å². The second kappa shape index (κ2) is 6.71. The summed E-state index contributed by atoms with van der Waals surface area (Å²) in [6.45, 7) is 0. The summed E-state index contributed by atoms with van der Waals surface area (Å²) in [6, 6.07) is 6.06. The third-order valence-electron chi connectivity index (χ3n) is 3.18. The van der Waals surface area contributed by atoms with E-state index in [4.69, 9.17) is 5.73 Å². The maximum absolute atomic E-state index is 13.0. The zero-order valence-corrected chi connectivity index (χ0v) is 10.9. The van der Waals surface area contributed by atoms with Crippen LogP contribution in [-0.2, 0) is 4.79 Å². The minimum Gasteiger partial charge on any atom is -0.328 e.